The molecule has 0 aromatic heterocycles. The fourth-order valence-electron chi connectivity index (χ4n) is 8.30. The van der Waals surface area contributed by atoms with E-state index in [1.165, 1.54) is 22.3 Å². The molecule has 4 nitrogen and oxygen atoms in total. The van der Waals surface area contributed by atoms with Crippen molar-refractivity contribution in [2.75, 3.05) is 9.80 Å². The van der Waals surface area contributed by atoms with Crippen molar-refractivity contribution in [3.05, 3.63) is 178 Å². The SMILES string of the molecule is CC1(C)c2ccccc2N(c2ccc3c(c2)C(=O)c2ccc(N4c5ccccc5C(C)(C)c5ccccc54)cc2C3=O)c2ccccc21. The van der Waals surface area contributed by atoms with Gasteiger partial charge in [0.05, 0.1) is 22.7 Å². The van der Waals surface area contributed by atoms with Crippen molar-refractivity contribution in [1.82, 2.24) is 0 Å². The van der Waals surface area contributed by atoms with Gasteiger partial charge < -0.3 is 9.80 Å². The first kappa shape index (κ1) is 28.5. The minimum Gasteiger partial charge on any atom is -0.310 e. The second-order valence-electron chi connectivity index (χ2n) is 14.1. The molecule has 0 saturated heterocycles. The third-order valence-corrected chi connectivity index (χ3v) is 10.8. The number of carbonyl (C=O) groups excluding carboxylic acids is 2. The Morgan fingerprint density at radius 2 is 0.667 bits per heavy atom. The fraction of sp³-hybridized carbons (Fsp3) is 0.136. The van der Waals surface area contributed by atoms with Gasteiger partial charge in [0, 0.05) is 44.5 Å². The van der Waals surface area contributed by atoms with Crippen LogP contribution in [0.5, 0.6) is 0 Å². The quantitative estimate of drug-likeness (QED) is 0.192. The van der Waals surface area contributed by atoms with Crippen LogP contribution in [0.2, 0.25) is 0 Å². The monoisotopic (exact) mass is 622 g/mol. The highest BCUT2D eigenvalue weighted by molar-refractivity contribution is 6.29. The molecule has 0 bridgehead atoms. The number of benzene rings is 6. The molecule has 0 spiro atoms. The van der Waals surface area contributed by atoms with E-state index in [1.54, 1.807) is 0 Å². The number of rotatable bonds is 2. The van der Waals surface area contributed by atoms with Gasteiger partial charge in [-0.3, -0.25) is 9.59 Å². The Hall–Kier alpha value is -5.74. The lowest BCUT2D eigenvalue weighted by Crippen LogP contribution is -2.31. The van der Waals surface area contributed by atoms with Gasteiger partial charge in [-0.25, -0.2) is 0 Å². The van der Waals surface area contributed by atoms with Crippen molar-refractivity contribution in [2.45, 2.75) is 38.5 Å². The number of hydrogen-bond acceptors (Lipinski definition) is 4. The van der Waals surface area contributed by atoms with Crippen molar-refractivity contribution in [2.24, 2.45) is 0 Å². The van der Waals surface area contributed by atoms with Gasteiger partial charge in [-0.2, -0.15) is 0 Å². The van der Waals surface area contributed by atoms with Crippen LogP contribution in [0.3, 0.4) is 0 Å². The van der Waals surface area contributed by atoms with E-state index >= 15 is 0 Å². The molecule has 2 heterocycles. The summed E-state index contributed by atoms with van der Waals surface area (Å²) >= 11 is 0. The molecular weight excluding hydrogens is 588 g/mol. The van der Waals surface area contributed by atoms with Crippen molar-refractivity contribution in [3.8, 4) is 0 Å². The van der Waals surface area contributed by atoms with Gasteiger partial charge >= 0.3 is 0 Å². The third-order valence-electron chi connectivity index (χ3n) is 10.8. The van der Waals surface area contributed by atoms with Crippen molar-refractivity contribution < 1.29 is 9.59 Å². The smallest absolute Gasteiger partial charge is 0.194 e. The van der Waals surface area contributed by atoms with Gasteiger partial charge in [0.25, 0.3) is 0 Å². The largest absolute Gasteiger partial charge is 0.310 e. The maximum absolute atomic E-state index is 14.3. The number of hydrogen-bond donors (Lipinski definition) is 0. The van der Waals surface area contributed by atoms with Crippen LogP contribution in [0, 0.1) is 0 Å². The minimum absolute atomic E-state index is 0.132. The summed E-state index contributed by atoms with van der Waals surface area (Å²) in [5.41, 5.74) is 12.2. The van der Waals surface area contributed by atoms with Crippen molar-refractivity contribution in [3.63, 3.8) is 0 Å². The molecule has 9 rings (SSSR count). The zero-order valence-electron chi connectivity index (χ0n) is 27.4. The summed E-state index contributed by atoms with van der Waals surface area (Å²) in [4.78, 5) is 33.0. The Labute approximate surface area is 280 Å². The average Bonchev–Trinajstić information content (AvgIpc) is 3.11. The topological polar surface area (TPSA) is 40.6 Å². The molecule has 6 aromatic rings. The number of para-hydroxylation sites is 4. The van der Waals surface area contributed by atoms with E-state index in [9.17, 15) is 9.59 Å². The van der Waals surface area contributed by atoms with Crippen LogP contribution in [-0.2, 0) is 10.8 Å². The Morgan fingerprint density at radius 3 is 0.979 bits per heavy atom. The average molecular weight is 623 g/mol. The van der Waals surface area contributed by atoms with Gasteiger partial charge in [0.2, 0.25) is 0 Å². The Bertz CT molecular complexity index is 2100. The van der Waals surface area contributed by atoms with E-state index in [4.69, 9.17) is 0 Å². The summed E-state index contributed by atoms with van der Waals surface area (Å²) in [6.07, 6.45) is 0. The zero-order chi connectivity index (χ0) is 32.9. The van der Waals surface area contributed by atoms with Crippen LogP contribution in [0.25, 0.3) is 0 Å². The van der Waals surface area contributed by atoms with Crippen LogP contribution in [0.1, 0.15) is 81.8 Å². The fourth-order valence-corrected chi connectivity index (χ4v) is 8.30. The van der Waals surface area contributed by atoms with Gasteiger partial charge in [-0.05, 0) is 82.9 Å². The first-order valence-electron chi connectivity index (χ1n) is 16.5. The molecule has 0 atom stereocenters. The Kier molecular flexibility index (Phi) is 5.86. The van der Waals surface area contributed by atoms with Crippen molar-refractivity contribution in [1.29, 1.82) is 0 Å². The molecule has 6 aromatic carbocycles. The normalized spacial score (nSPS) is 16.2. The minimum atomic E-state index is -0.189. The molecule has 0 unspecified atom stereocenters. The molecule has 0 N–H and O–H groups in total. The summed E-state index contributed by atoms with van der Waals surface area (Å²) in [5.74, 6) is -0.264. The Balaban J connectivity index is 1.16. The van der Waals surface area contributed by atoms with Gasteiger partial charge in [-0.1, -0.05) is 100 Å². The van der Waals surface area contributed by atoms with Crippen LogP contribution >= 0.6 is 0 Å². The van der Waals surface area contributed by atoms with E-state index in [0.717, 1.165) is 34.1 Å². The van der Waals surface area contributed by atoms with E-state index in [2.05, 4.69) is 135 Å². The summed E-state index contributed by atoms with van der Waals surface area (Å²) in [6.45, 7) is 9.02. The van der Waals surface area contributed by atoms with Crippen LogP contribution < -0.4 is 9.80 Å². The number of ketones is 2. The molecule has 0 radical (unpaired) electrons. The van der Waals surface area contributed by atoms with Crippen LogP contribution in [-0.4, -0.2) is 11.6 Å². The number of carbonyl (C=O) groups is 2. The highest BCUT2D eigenvalue weighted by Crippen LogP contribution is 2.53. The lowest BCUT2D eigenvalue weighted by Gasteiger charge is -2.42. The predicted molar refractivity (Wildman–Crippen MR) is 193 cm³/mol. The van der Waals surface area contributed by atoms with E-state index < -0.39 is 0 Å². The molecule has 1 aliphatic carbocycles. The standard InChI is InChI=1S/C44H34N2O2/c1-43(2)33-13-5-9-17-37(33)45(38-18-10-6-14-34(38)43)27-21-23-29-31(25-27)41(47)30-24-22-28(26-32(30)42(29)48)46-39-19-11-7-15-35(39)44(3,4)36-16-8-12-20-40(36)46/h5-26H,1-4H3. The van der Waals surface area contributed by atoms with Gasteiger partial charge in [0.15, 0.2) is 11.6 Å². The summed E-state index contributed by atoms with van der Waals surface area (Å²) < 4.78 is 0. The maximum Gasteiger partial charge on any atom is 0.194 e. The predicted octanol–water partition coefficient (Wildman–Crippen LogP) is 10.7. The van der Waals surface area contributed by atoms with Crippen molar-refractivity contribution >= 4 is 45.7 Å². The van der Waals surface area contributed by atoms with E-state index in [1.807, 2.05) is 36.4 Å². The molecule has 3 aliphatic rings. The van der Waals surface area contributed by atoms with Gasteiger partial charge in [-0.15, -0.1) is 0 Å². The van der Waals surface area contributed by atoms with Crippen LogP contribution in [0.4, 0.5) is 34.1 Å². The molecular formula is C44H34N2O2. The van der Waals surface area contributed by atoms with Gasteiger partial charge in [0.1, 0.15) is 0 Å². The number of nitrogens with zero attached hydrogens (tertiary/aromatic N) is 2. The molecule has 0 amide bonds. The molecule has 0 saturated carbocycles. The molecule has 2 aliphatic heterocycles. The highest BCUT2D eigenvalue weighted by Gasteiger charge is 2.39. The Morgan fingerprint density at radius 1 is 0.375 bits per heavy atom. The zero-order valence-corrected chi connectivity index (χ0v) is 27.4. The molecule has 232 valence electrons. The summed E-state index contributed by atoms with van der Waals surface area (Å²) in [6, 6.07) is 45.2. The molecule has 48 heavy (non-hydrogen) atoms. The lowest BCUT2D eigenvalue weighted by atomic mass is 9.73. The highest BCUT2D eigenvalue weighted by atomic mass is 16.1. The lowest BCUT2D eigenvalue weighted by molar-refractivity contribution is 0.0979. The summed E-state index contributed by atoms with van der Waals surface area (Å²) in [7, 11) is 0. The second-order valence-corrected chi connectivity index (χ2v) is 14.1. The first-order valence-corrected chi connectivity index (χ1v) is 16.5. The maximum atomic E-state index is 14.3. The molecule has 4 heteroatoms. The first-order chi connectivity index (χ1) is 23.2. The number of fused-ring (bicyclic) bond motifs is 6. The summed E-state index contributed by atoms with van der Waals surface area (Å²) in [5, 5.41) is 0. The van der Waals surface area contributed by atoms with E-state index in [0.29, 0.717) is 22.3 Å². The molecule has 0 fully saturated rings. The van der Waals surface area contributed by atoms with E-state index in [-0.39, 0.29) is 22.4 Å². The van der Waals surface area contributed by atoms with Crippen LogP contribution in [0.15, 0.2) is 133 Å². The number of anilines is 6. The second kappa shape index (κ2) is 9.88. The third kappa shape index (κ3) is 3.77.